The Morgan fingerprint density at radius 1 is 1.00 bits per heavy atom. The van der Waals surface area contributed by atoms with Crippen LogP contribution in [0.15, 0.2) is 83.0 Å². The lowest BCUT2D eigenvalue weighted by molar-refractivity contribution is -0.132. The van der Waals surface area contributed by atoms with Gasteiger partial charge in [-0.05, 0) is 47.5 Å². The van der Waals surface area contributed by atoms with Gasteiger partial charge in [-0.15, -0.1) is 10.2 Å². The summed E-state index contributed by atoms with van der Waals surface area (Å²) in [6, 6.07) is 14.2. The monoisotopic (exact) mass is 520 g/mol. The highest BCUT2D eigenvalue weighted by atomic mass is 32.2. The fourth-order valence-corrected chi connectivity index (χ4v) is 5.57. The van der Waals surface area contributed by atoms with E-state index in [0.717, 1.165) is 16.9 Å². The summed E-state index contributed by atoms with van der Waals surface area (Å²) >= 11 is 2.49. The maximum atomic E-state index is 13.2. The van der Waals surface area contributed by atoms with Gasteiger partial charge in [0.2, 0.25) is 5.13 Å². The van der Waals surface area contributed by atoms with Crippen molar-refractivity contribution in [1.82, 2.24) is 15.2 Å². The number of phenols is 1. The molecule has 4 aromatic rings. The van der Waals surface area contributed by atoms with Crippen molar-refractivity contribution in [2.75, 3.05) is 4.90 Å². The van der Waals surface area contributed by atoms with Crippen molar-refractivity contribution in [1.29, 1.82) is 0 Å². The molecule has 0 aliphatic carbocycles. The number of carbonyl (C=O) groups is 2. The molecule has 0 saturated carbocycles. The molecule has 3 heterocycles. The molecule has 1 aliphatic heterocycles. The first kappa shape index (κ1) is 23.6. The number of benzene rings is 2. The van der Waals surface area contributed by atoms with Crippen molar-refractivity contribution in [3.8, 4) is 5.75 Å². The van der Waals surface area contributed by atoms with Crippen LogP contribution in [0.4, 0.5) is 9.52 Å². The summed E-state index contributed by atoms with van der Waals surface area (Å²) in [6.45, 7) is 0. The molecule has 0 spiro atoms. The molecule has 0 radical (unpaired) electrons. The lowest BCUT2D eigenvalue weighted by Crippen LogP contribution is -2.29. The van der Waals surface area contributed by atoms with Crippen LogP contribution in [0.25, 0.3) is 5.76 Å². The highest BCUT2D eigenvalue weighted by Gasteiger charge is 2.48. The summed E-state index contributed by atoms with van der Waals surface area (Å²) in [6.07, 6.45) is 2.94. The quantitative estimate of drug-likeness (QED) is 0.124. The number of thioether (sulfide) groups is 1. The number of aliphatic hydroxyl groups is 1. The molecule has 180 valence electrons. The van der Waals surface area contributed by atoms with E-state index in [2.05, 4.69) is 15.2 Å². The Kier molecular flexibility index (Phi) is 6.49. The zero-order valence-electron chi connectivity index (χ0n) is 18.4. The average molecular weight is 521 g/mol. The first-order valence-corrected chi connectivity index (χ1v) is 12.4. The number of pyridine rings is 1. The number of phenolic OH excluding ortho intramolecular Hbond substituents is 1. The molecule has 1 atom stereocenters. The third-order valence-corrected chi connectivity index (χ3v) is 7.61. The van der Waals surface area contributed by atoms with E-state index in [-0.39, 0.29) is 28.0 Å². The van der Waals surface area contributed by atoms with Crippen LogP contribution in [0, 0.1) is 5.82 Å². The first-order chi connectivity index (χ1) is 17.4. The third-order valence-electron chi connectivity index (χ3n) is 5.48. The van der Waals surface area contributed by atoms with Crippen molar-refractivity contribution in [3.05, 3.63) is 101 Å². The Morgan fingerprint density at radius 3 is 2.39 bits per heavy atom. The van der Waals surface area contributed by atoms with Crippen molar-refractivity contribution in [2.24, 2.45) is 0 Å². The maximum Gasteiger partial charge on any atom is 0.301 e. The van der Waals surface area contributed by atoms with Gasteiger partial charge in [0.15, 0.2) is 4.34 Å². The first-order valence-electron chi connectivity index (χ1n) is 10.6. The number of Topliss-reactive ketones (excluding diaryl/α,β-unsaturated/α-hetero) is 1. The summed E-state index contributed by atoms with van der Waals surface area (Å²) < 4.78 is 13.7. The predicted molar refractivity (Wildman–Crippen MR) is 133 cm³/mol. The topological polar surface area (TPSA) is 117 Å². The molecule has 1 amide bonds. The zero-order chi connectivity index (χ0) is 25.2. The smallest absolute Gasteiger partial charge is 0.301 e. The molecule has 5 rings (SSSR count). The predicted octanol–water partition coefficient (Wildman–Crippen LogP) is 4.70. The lowest BCUT2D eigenvalue weighted by atomic mass is 9.95. The minimum atomic E-state index is -0.985. The van der Waals surface area contributed by atoms with Gasteiger partial charge in [0.25, 0.3) is 5.78 Å². The summed E-state index contributed by atoms with van der Waals surface area (Å²) in [7, 11) is 0. The lowest BCUT2D eigenvalue weighted by Gasteiger charge is -2.22. The molecular weight excluding hydrogens is 503 g/mol. The second kappa shape index (κ2) is 9.88. The van der Waals surface area contributed by atoms with E-state index in [4.69, 9.17) is 0 Å². The van der Waals surface area contributed by atoms with E-state index < -0.39 is 17.7 Å². The van der Waals surface area contributed by atoms with Gasteiger partial charge < -0.3 is 10.2 Å². The number of hydrogen-bond acceptors (Lipinski definition) is 9. The van der Waals surface area contributed by atoms with E-state index in [1.165, 1.54) is 65.5 Å². The van der Waals surface area contributed by atoms with E-state index >= 15 is 0 Å². The van der Waals surface area contributed by atoms with E-state index in [0.29, 0.717) is 21.2 Å². The molecule has 1 aliphatic rings. The fraction of sp³-hybridized carbons (Fsp3) is 0.0800. The van der Waals surface area contributed by atoms with Crippen LogP contribution >= 0.6 is 23.1 Å². The van der Waals surface area contributed by atoms with E-state index in [1.54, 1.807) is 24.3 Å². The maximum absolute atomic E-state index is 13.2. The Bertz CT molecular complexity index is 1460. The molecule has 0 bridgehead atoms. The highest BCUT2D eigenvalue weighted by molar-refractivity contribution is 8.00. The van der Waals surface area contributed by atoms with Crippen LogP contribution in [-0.2, 0) is 15.3 Å². The number of anilines is 1. The third kappa shape index (κ3) is 4.58. The molecule has 2 aromatic carbocycles. The molecule has 8 nitrogen and oxygen atoms in total. The molecule has 1 saturated heterocycles. The molecule has 1 unspecified atom stereocenters. The SMILES string of the molecule is O=C1C(=O)N(c2nnc(SCc3ccc(F)cc3)s2)C(c2ccc(O)cc2)C1=C(O)c1ccncc1. The number of ketones is 1. The highest BCUT2D eigenvalue weighted by Crippen LogP contribution is 2.44. The minimum Gasteiger partial charge on any atom is -0.508 e. The van der Waals surface area contributed by atoms with Gasteiger partial charge in [0.1, 0.15) is 17.3 Å². The van der Waals surface area contributed by atoms with Gasteiger partial charge in [-0.2, -0.15) is 0 Å². The Labute approximate surface area is 212 Å². The van der Waals surface area contributed by atoms with Crippen LogP contribution in [0.1, 0.15) is 22.7 Å². The zero-order valence-corrected chi connectivity index (χ0v) is 20.0. The van der Waals surface area contributed by atoms with Crippen molar-refractivity contribution < 1.29 is 24.2 Å². The Morgan fingerprint density at radius 2 is 1.69 bits per heavy atom. The molecule has 2 N–H and O–H groups in total. The molecule has 11 heteroatoms. The van der Waals surface area contributed by atoms with Gasteiger partial charge in [-0.25, -0.2) is 4.39 Å². The van der Waals surface area contributed by atoms with E-state index in [1.807, 2.05) is 0 Å². The van der Waals surface area contributed by atoms with Crippen molar-refractivity contribution >= 4 is 45.7 Å². The van der Waals surface area contributed by atoms with Crippen LogP contribution in [0.5, 0.6) is 5.75 Å². The minimum absolute atomic E-state index is 0.0141. The van der Waals surface area contributed by atoms with Gasteiger partial charge in [0, 0.05) is 23.7 Å². The molecule has 36 heavy (non-hydrogen) atoms. The van der Waals surface area contributed by atoms with Crippen molar-refractivity contribution in [2.45, 2.75) is 16.1 Å². The number of aromatic hydroxyl groups is 1. The van der Waals surface area contributed by atoms with Gasteiger partial charge >= 0.3 is 5.91 Å². The van der Waals surface area contributed by atoms with Crippen LogP contribution in [0.3, 0.4) is 0 Å². The van der Waals surface area contributed by atoms with Gasteiger partial charge in [-0.1, -0.05) is 47.4 Å². The summed E-state index contributed by atoms with van der Waals surface area (Å²) in [5.41, 5.74) is 1.62. The number of carbonyl (C=O) groups excluding carboxylic acids is 2. The summed E-state index contributed by atoms with van der Waals surface area (Å²) in [5.74, 6) is -1.85. The second-order valence-corrected chi connectivity index (χ2v) is 9.94. The largest absolute Gasteiger partial charge is 0.508 e. The summed E-state index contributed by atoms with van der Waals surface area (Å²) in [4.78, 5) is 31.5. The number of aliphatic hydroxyl groups excluding tert-OH is 1. The van der Waals surface area contributed by atoms with Gasteiger partial charge in [-0.3, -0.25) is 19.5 Å². The average Bonchev–Trinajstić information content (AvgIpc) is 3.46. The normalized spacial score (nSPS) is 17.0. The number of nitrogens with zero attached hydrogens (tertiary/aromatic N) is 4. The molecule has 2 aromatic heterocycles. The summed E-state index contributed by atoms with van der Waals surface area (Å²) in [5, 5.41) is 29.3. The van der Waals surface area contributed by atoms with Gasteiger partial charge in [0.05, 0.1) is 11.6 Å². The van der Waals surface area contributed by atoms with Crippen LogP contribution in [-0.4, -0.2) is 37.1 Å². The number of amides is 1. The number of rotatable bonds is 6. The number of aromatic nitrogens is 3. The number of hydrogen-bond donors (Lipinski definition) is 2. The standard InChI is InChI=1S/C25H17FN4O4S2/c26-17-5-1-14(2-6-17)13-35-25-29-28-24(36-25)30-20(15-3-7-18(31)8-4-15)19(22(33)23(30)34)21(32)16-9-11-27-12-10-16/h1-12,20,31-32H,13H2. The van der Waals surface area contributed by atoms with E-state index in [9.17, 15) is 24.2 Å². The molecular formula is C25H17FN4O4S2. The Balaban J connectivity index is 1.52. The van der Waals surface area contributed by atoms with Crippen LogP contribution < -0.4 is 4.90 Å². The second-order valence-electron chi connectivity index (χ2n) is 7.76. The van der Waals surface area contributed by atoms with Crippen molar-refractivity contribution in [3.63, 3.8) is 0 Å². The Hall–Kier alpha value is -4.09. The molecule has 1 fully saturated rings. The van der Waals surface area contributed by atoms with Crippen LogP contribution in [0.2, 0.25) is 0 Å². The number of halogens is 1. The fourth-order valence-electron chi connectivity index (χ4n) is 3.75.